The van der Waals surface area contributed by atoms with E-state index in [1.54, 1.807) is 0 Å². The smallest absolute Gasteiger partial charge is 0.222 e. The van der Waals surface area contributed by atoms with Crippen LogP contribution in [0.5, 0.6) is 5.75 Å². The number of ether oxygens (including phenoxy) is 1. The highest BCUT2D eigenvalue weighted by Crippen LogP contribution is 2.33. The number of para-hydroxylation sites is 1. The van der Waals surface area contributed by atoms with Crippen LogP contribution in [-0.4, -0.2) is 53.3 Å². The summed E-state index contributed by atoms with van der Waals surface area (Å²) in [6.07, 6.45) is 0.245. The molecule has 6 atom stereocenters. The van der Waals surface area contributed by atoms with Gasteiger partial charge in [0, 0.05) is 43.9 Å². The lowest BCUT2D eigenvalue weighted by Gasteiger charge is -2.32. The number of carbonyl (C=O) groups excluding carboxylic acids is 3. The predicted molar refractivity (Wildman–Crippen MR) is 175 cm³/mol. The van der Waals surface area contributed by atoms with Gasteiger partial charge in [-0.1, -0.05) is 85.8 Å². The van der Waals surface area contributed by atoms with Gasteiger partial charge in [0.2, 0.25) is 5.91 Å². The monoisotopic (exact) mass is 613 g/mol. The first-order chi connectivity index (χ1) is 21.6. The molecule has 3 unspecified atom stereocenters. The van der Waals surface area contributed by atoms with Crippen LogP contribution in [0.15, 0.2) is 78.9 Å². The van der Waals surface area contributed by atoms with Gasteiger partial charge >= 0.3 is 0 Å². The van der Waals surface area contributed by atoms with Crippen LogP contribution in [0.25, 0.3) is 0 Å². The van der Waals surface area contributed by atoms with Crippen molar-refractivity contribution >= 4 is 17.5 Å². The first-order valence-electron chi connectivity index (χ1n) is 15.9. The number of aliphatic hydroxyl groups excluding tert-OH is 1. The van der Waals surface area contributed by atoms with Gasteiger partial charge < -0.3 is 26.2 Å². The van der Waals surface area contributed by atoms with Crippen LogP contribution in [0.1, 0.15) is 66.9 Å². The first kappa shape index (κ1) is 34.0. The molecular formula is C37H47N3O5. The number of amides is 1. The molecule has 1 aliphatic rings. The summed E-state index contributed by atoms with van der Waals surface area (Å²) in [7, 11) is 0. The summed E-state index contributed by atoms with van der Waals surface area (Å²) >= 11 is 0. The van der Waals surface area contributed by atoms with Crippen molar-refractivity contribution in [2.24, 2.45) is 29.2 Å². The van der Waals surface area contributed by atoms with Crippen molar-refractivity contribution in [2.45, 2.75) is 64.6 Å². The number of Topliss-reactive ketones (excluding diaryl/α,β-unsaturated/α-hetero) is 2. The zero-order chi connectivity index (χ0) is 32.5. The van der Waals surface area contributed by atoms with E-state index in [0.717, 1.165) is 23.1 Å². The maximum atomic E-state index is 13.9. The van der Waals surface area contributed by atoms with Gasteiger partial charge in [0.1, 0.15) is 18.1 Å². The number of hydrogen-bond acceptors (Lipinski definition) is 7. The Morgan fingerprint density at radius 3 is 2.00 bits per heavy atom. The third-order valence-corrected chi connectivity index (χ3v) is 8.91. The van der Waals surface area contributed by atoms with Crippen molar-refractivity contribution in [1.82, 2.24) is 4.90 Å². The topological polar surface area (TPSA) is 136 Å². The van der Waals surface area contributed by atoms with Crippen molar-refractivity contribution < 1.29 is 24.2 Å². The fourth-order valence-corrected chi connectivity index (χ4v) is 6.43. The number of benzene rings is 3. The Morgan fingerprint density at radius 1 is 0.867 bits per heavy atom. The fraction of sp³-hybridized carbons (Fsp3) is 0.432. The number of aliphatic hydroxyl groups is 1. The van der Waals surface area contributed by atoms with Crippen molar-refractivity contribution in [2.75, 3.05) is 19.7 Å². The van der Waals surface area contributed by atoms with E-state index >= 15 is 0 Å². The molecule has 0 saturated carbocycles. The summed E-state index contributed by atoms with van der Waals surface area (Å²) in [6.45, 7) is 6.70. The Labute approximate surface area is 266 Å². The third-order valence-electron chi connectivity index (χ3n) is 8.91. The molecule has 240 valence electrons. The van der Waals surface area contributed by atoms with Crippen LogP contribution in [0.3, 0.4) is 0 Å². The second-order valence-corrected chi connectivity index (χ2v) is 12.5. The molecule has 8 heteroatoms. The van der Waals surface area contributed by atoms with Crippen molar-refractivity contribution in [3.63, 3.8) is 0 Å². The molecule has 1 saturated heterocycles. The molecule has 4 rings (SSSR count). The summed E-state index contributed by atoms with van der Waals surface area (Å²) in [5, 5.41) is 11.8. The van der Waals surface area contributed by atoms with E-state index < -0.39 is 30.0 Å². The van der Waals surface area contributed by atoms with Crippen LogP contribution in [0, 0.1) is 31.6 Å². The third kappa shape index (κ3) is 8.87. The summed E-state index contributed by atoms with van der Waals surface area (Å²) in [6, 6.07) is 22.7. The number of hydrogen-bond donors (Lipinski definition) is 3. The Balaban J connectivity index is 1.58. The van der Waals surface area contributed by atoms with Gasteiger partial charge in [-0.2, -0.15) is 0 Å². The van der Waals surface area contributed by atoms with Crippen molar-refractivity contribution in [1.29, 1.82) is 0 Å². The summed E-state index contributed by atoms with van der Waals surface area (Å²) in [4.78, 5) is 41.8. The molecule has 0 aromatic heterocycles. The Kier molecular flexibility index (Phi) is 12.0. The number of nitrogens with two attached hydrogens (primary N) is 2. The highest BCUT2D eigenvalue weighted by molar-refractivity contribution is 5.85. The molecule has 45 heavy (non-hydrogen) atoms. The highest BCUT2D eigenvalue weighted by Gasteiger charge is 2.38. The van der Waals surface area contributed by atoms with Gasteiger partial charge in [0.15, 0.2) is 5.78 Å². The average Bonchev–Trinajstić information content (AvgIpc) is 3.43. The van der Waals surface area contributed by atoms with E-state index in [-0.39, 0.29) is 42.8 Å². The second-order valence-electron chi connectivity index (χ2n) is 12.5. The van der Waals surface area contributed by atoms with Crippen LogP contribution < -0.4 is 16.2 Å². The minimum absolute atomic E-state index is 0.0510. The molecule has 0 bridgehead atoms. The van der Waals surface area contributed by atoms with Gasteiger partial charge in [-0.25, -0.2) is 0 Å². The van der Waals surface area contributed by atoms with Gasteiger partial charge in [0.25, 0.3) is 0 Å². The van der Waals surface area contributed by atoms with E-state index in [2.05, 4.69) is 0 Å². The molecule has 0 radical (unpaired) electrons. The van der Waals surface area contributed by atoms with E-state index in [4.69, 9.17) is 16.2 Å². The van der Waals surface area contributed by atoms with Crippen LogP contribution in [0.2, 0.25) is 0 Å². The molecule has 0 aliphatic carbocycles. The molecule has 3 aromatic carbocycles. The van der Waals surface area contributed by atoms with Gasteiger partial charge in [-0.05, 0) is 54.9 Å². The molecule has 8 nitrogen and oxygen atoms in total. The average molecular weight is 614 g/mol. The maximum Gasteiger partial charge on any atom is 0.222 e. The number of nitrogens with zero attached hydrogens (tertiary/aromatic N) is 1. The summed E-state index contributed by atoms with van der Waals surface area (Å²) < 4.78 is 6.00. The van der Waals surface area contributed by atoms with E-state index in [1.807, 2.05) is 105 Å². The Morgan fingerprint density at radius 2 is 1.44 bits per heavy atom. The summed E-state index contributed by atoms with van der Waals surface area (Å²) in [5.41, 5.74) is 16.7. The van der Waals surface area contributed by atoms with Gasteiger partial charge in [0.05, 0.1) is 12.0 Å². The zero-order valence-corrected chi connectivity index (χ0v) is 26.6. The second kappa shape index (κ2) is 15.9. The quantitative estimate of drug-likeness (QED) is 0.210. The highest BCUT2D eigenvalue weighted by atomic mass is 16.5. The van der Waals surface area contributed by atoms with Crippen LogP contribution in [0.4, 0.5) is 0 Å². The predicted octanol–water partition coefficient (Wildman–Crippen LogP) is 4.85. The van der Waals surface area contributed by atoms with Gasteiger partial charge in [-0.3, -0.25) is 14.4 Å². The standard InChI is InChI=1S/C37H47N3O5/c1-24(22-40-19-11-18-33(40)44)20-30(41)29(35(38)27-14-6-4-7-15-27)21-31(42)34(36(39)28-16-8-5-9-17-28)32(43)23-45-37-25(2)12-10-13-26(37)3/h4-10,12-17,24,29,31,34-36,42H,11,18-23,38-39H2,1-3H3/t24?,29-,31+,34+,35?,36?/m1/s1. The molecule has 1 amide bonds. The maximum absolute atomic E-state index is 13.9. The lowest BCUT2D eigenvalue weighted by Crippen LogP contribution is -2.43. The van der Waals surface area contributed by atoms with E-state index in [9.17, 15) is 19.5 Å². The summed E-state index contributed by atoms with van der Waals surface area (Å²) in [5.74, 6) is -1.65. The minimum atomic E-state index is -1.27. The minimum Gasteiger partial charge on any atom is -0.485 e. The zero-order valence-electron chi connectivity index (χ0n) is 26.6. The lowest BCUT2D eigenvalue weighted by molar-refractivity contribution is -0.133. The largest absolute Gasteiger partial charge is 0.485 e. The number of carbonyl (C=O) groups is 3. The van der Waals surface area contributed by atoms with Crippen LogP contribution in [-0.2, 0) is 14.4 Å². The van der Waals surface area contributed by atoms with E-state index in [0.29, 0.717) is 30.8 Å². The number of ketones is 2. The number of rotatable bonds is 16. The molecule has 3 aromatic rings. The molecule has 0 spiro atoms. The van der Waals surface area contributed by atoms with Gasteiger partial charge in [-0.15, -0.1) is 0 Å². The van der Waals surface area contributed by atoms with E-state index in [1.165, 1.54) is 0 Å². The molecule has 1 heterocycles. The lowest BCUT2D eigenvalue weighted by atomic mass is 9.77. The SMILES string of the molecule is Cc1cccc(C)c1OCC(=O)[C@@H](C(N)c1ccccc1)[C@@H](O)C[C@H](C(=O)CC(C)CN1CCCC1=O)C(N)c1ccccc1. The normalized spacial score (nSPS) is 17.3. The molecular weight excluding hydrogens is 566 g/mol. The Bertz CT molecular complexity index is 1410. The van der Waals surface area contributed by atoms with Crippen molar-refractivity contribution in [3.8, 4) is 5.75 Å². The molecule has 1 aliphatic heterocycles. The van der Waals surface area contributed by atoms with Crippen LogP contribution >= 0.6 is 0 Å². The fourth-order valence-electron chi connectivity index (χ4n) is 6.43. The number of aryl methyl sites for hydroxylation is 2. The Hall–Kier alpha value is -3.85. The first-order valence-corrected chi connectivity index (χ1v) is 15.9. The number of likely N-dealkylation sites (tertiary alicyclic amines) is 1. The molecule has 1 fully saturated rings. The molecule has 5 N–H and O–H groups in total. The van der Waals surface area contributed by atoms with Crippen molar-refractivity contribution in [3.05, 3.63) is 101 Å².